The van der Waals surface area contributed by atoms with E-state index in [1.54, 1.807) is 39.0 Å². The summed E-state index contributed by atoms with van der Waals surface area (Å²) < 4.78 is 11.1. The molecule has 29 heavy (non-hydrogen) atoms. The molecule has 9 nitrogen and oxygen atoms in total. The smallest absolute Gasteiger partial charge is 0.361 e. The first-order valence-corrected chi connectivity index (χ1v) is 9.58. The van der Waals surface area contributed by atoms with Crippen molar-refractivity contribution < 1.29 is 23.9 Å². The zero-order chi connectivity index (χ0) is 21.6. The van der Waals surface area contributed by atoms with Crippen molar-refractivity contribution in [1.82, 2.24) is 15.0 Å². The molecule has 10 heteroatoms. The van der Waals surface area contributed by atoms with E-state index in [-0.39, 0.29) is 31.0 Å². The number of aryl methyl sites for hydroxylation is 1. The van der Waals surface area contributed by atoms with Crippen LogP contribution in [-0.4, -0.2) is 46.1 Å². The quantitative estimate of drug-likeness (QED) is 0.650. The highest BCUT2D eigenvalue weighted by Crippen LogP contribution is 2.23. The van der Waals surface area contributed by atoms with Crippen molar-refractivity contribution in [2.45, 2.75) is 40.2 Å². The van der Waals surface area contributed by atoms with Gasteiger partial charge in [-0.05, 0) is 44.9 Å². The number of halogens is 1. The summed E-state index contributed by atoms with van der Waals surface area (Å²) in [5.74, 6) is -2.07. The molecule has 0 aliphatic heterocycles. The number of hydrogen-bond acceptors (Lipinski definition) is 7. The second-order valence-electron chi connectivity index (χ2n) is 6.04. The van der Waals surface area contributed by atoms with Gasteiger partial charge in [0.15, 0.2) is 5.69 Å². The van der Waals surface area contributed by atoms with Crippen molar-refractivity contribution >= 4 is 35.1 Å². The molecular weight excluding hydrogens is 400 g/mol. The van der Waals surface area contributed by atoms with Gasteiger partial charge in [-0.15, -0.1) is 5.10 Å². The van der Waals surface area contributed by atoms with Crippen molar-refractivity contribution in [3.63, 3.8) is 0 Å². The van der Waals surface area contributed by atoms with Gasteiger partial charge in [-0.1, -0.05) is 29.8 Å². The number of nitrogens with zero attached hydrogens (tertiary/aromatic N) is 3. The SMILES string of the molecule is CCOC(=O)c1nnn([C@H](CC)C(=O)Nc2cc(Cl)ccc2C)c1C(=O)OCC. The minimum Gasteiger partial charge on any atom is -0.461 e. The van der Waals surface area contributed by atoms with E-state index in [4.69, 9.17) is 21.1 Å². The molecule has 0 spiro atoms. The Morgan fingerprint density at radius 2 is 1.79 bits per heavy atom. The summed E-state index contributed by atoms with van der Waals surface area (Å²) in [6.07, 6.45) is 0.281. The average molecular weight is 423 g/mol. The fourth-order valence-electron chi connectivity index (χ4n) is 2.65. The lowest BCUT2D eigenvalue weighted by molar-refractivity contribution is -0.119. The lowest BCUT2D eigenvalue weighted by Gasteiger charge is -2.18. The summed E-state index contributed by atoms with van der Waals surface area (Å²) in [7, 11) is 0. The number of hydrogen-bond donors (Lipinski definition) is 1. The lowest BCUT2D eigenvalue weighted by atomic mass is 10.1. The second kappa shape index (κ2) is 10.0. The molecule has 1 amide bonds. The number of carbonyl (C=O) groups excluding carboxylic acids is 3. The van der Waals surface area contributed by atoms with Crippen molar-refractivity contribution in [2.75, 3.05) is 18.5 Å². The van der Waals surface area contributed by atoms with Crippen LogP contribution in [0.25, 0.3) is 0 Å². The highest BCUT2D eigenvalue weighted by Gasteiger charge is 2.33. The highest BCUT2D eigenvalue weighted by atomic mass is 35.5. The Balaban J connectivity index is 2.43. The maximum absolute atomic E-state index is 12.9. The molecule has 0 aliphatic carbocycles. The standard InChI is InChI=1S/C19H23ClN4O5/c1-5-14(17(25)21-13-10-12(20)9-8-11(13)4)24-16(19(27)29-7-3)15(22-23-24)18(26)28-6-2/h8-10,14H,5-7H2,1-4H3,(H,21,25)/t14-/m1/s1. The number of rotatable bonds is 8. The van der Waals surface area contributed by atoms with Crippen LogP contribution in [0.5, 0.6) is 0 Å². The van der Waals surface area contributed by atoms with Crippen molar-refractivity contribution in [3.05, 3.63) is 40.2 Å². The third-order valence-corrected chi connectivity index (χ3v) is 4.31. The summed E-state index contributed by atoms with van der Waals surface area (Å²) >= 11 is 6.01. The number of ether oxygens (including phenoxy) is 2. The first-order valence-electron chi connectivity index (χ1n) is 9.20. The van der Waals surface area contributed by atoms with Crippen molar-refractivity contribution in [3.8, 4) is 0 Å². The van der Waals surface area contributed by atoms with Crippen LogP contribution in [0.3, 0.4) is 0 Å². The second-order valence-corrected chi connectivity index (χ2v) is 6.48. The van der Waals surface area contributed by atoms with Gasteiger partial charge in [0.05, 0.1) is 13.2 Å². The number of anilines is 1. The van der Waals surface area contributed by atoms with Gasteiger partial charge in [0.25, 0.3) is 0 Å². The zero-order valence-corrected chi connectivity index (χ0v) is 17.4. The molecule has 0 radical (unpaired) electrons. The van der Waals surface area contributed by atoms with Crippen LogP contribution in [0.1, 0.15) is 59.8 Å². The van der Waals surface area contributed by atoms with Crippen LogP contribution >= 0.6 is 11.6 Å². The first kappa shape index (κ1) is 22.4. The van der Waals surface area contributed by atoms with Gasteiger partial charge in [-0.25, -0.2) is 14.3 Å². The molecule has 1 atom stereocenters. The molecule has 0 saturated heterocycles. The van der Waals surface area contributed by atoms with Gasteiger partial charge in [0.1, 0.15) is 6.04 Å². The molecule has 0 fully saturated rings. The molecular formula is C19H23ClN4O5. The molecule has 0 unspecified atom stereocenters. The molecule has 1 N–H and O–H groups in total. The topological polar surface area (TPSA) is 112 Å². The summed E-state index contributed by atoms with van der Waals surface area (Å²) in [6.45, 7) is 7.00. The van der Waals surface area contributed by atoms with Crippen molar-refractivity contribution in [2.24, 2.45) is 0 Å². The van der Waals surface area contributed by atoms with Gasteiger partial charge in [-0.2, -0.15) is 0 Å². The fourth-order valence-corrected chi connectivity index (χ4v) is 2.82. The van der Waals surface area contributed by atoms with Crippen molar-refractivity contribution in [1.29, 1.82) is 0 Å². The Morgan fingerprint density at radius 3 is 2.41 bits per heavy atom. The summed E-state index contributed by atoms with van der Waals surface area (Å²) in [5, 5.41) is 10.9. The fraction of sp³-hybridized carbons (Fsp3) is 0.421. The molecule has 0 saturated carbocycles. The molecule has 2 rings (SSSR count). The van der Waals surface area contributed by atoms with Crippen LogP contribution in [-0.2, 0) is 14.3 Å². The predicted molar refractivity (Wildman–Crippen MR) is 106 cm³/mol. The third-order valence-electron chi connectivity index (χ3n) is 4.07. The average Bonchev–Trinajstić information content (AvgIpc) is 3.10. The van der Waals surface area contributed by atoms with E-state index in [1.165, 1.54) is 0 Å². The molecule has 0 aliphatic rings. The maximum atomic E-state index is 12.9. The monoisotopic (exact) mass is 422 g/mol. The molecule has 1 aromatic carbocycles. The number of aromatic nitrogens is 3. The molecule has 156 valence electrons. The van der Waals surface area contributed by atoms with E-state index in [0.717, 1.165) is 10.2 Å². The van der Waals surface area contributed by atoms with E-state index in [1.807, 2.05) is 6.92 Å². The minimum absolute atomic E-state index is 0.0803. The largest absolute Gasteiger partial charge is 0.461 e. The van der Waals surface area contributed by atoms with Gasteiger partial charge in [0, 0.05) is 10.7 Å². The van der Waals surface area contributed by atoms with Crippen LogP contribution in [0.15, 0.2) is 18.2 Å². The molecule has 0 bridgehead atoms. The summed E-state index contributed by atoms with van der Waals surface area (Å²) in [6, 6.07) is 4.20. The normalized spacial score (nSPS) is 11.6. The predicted octanol–water partition coefficient (Wildman–Crippen LogP) is 3.18. The Hall–Kier alpha value is -2.94. The molecule has 1 heterocycles. The summed E-state index contributed by atoms with van der Waals surface area (Å²) in [4.78, 5) is 37.6. The number of nitrogens with one attached hydrogen (secondary N) is 1. The van der Waals surface area contributed by atoms with Gasteiger partial charge in [-0.3, -0.25) is 4.79 Å². The van der Waals surface area contributed by atoms with E-state index in [2.05, 4.69) is 15.6 Å². The number of amides is 1. The lowest BCUT2D eigenvalue weighted by Crippen LogP contribution is -2.30. The maximum Gasteiger partial charge on any atom is 0.361 e. The van der Waals surface area contributed by atoms with Crippen LogP contribution in [0.2, 0.25) is 5.02 Å². The first-order chi connectivity index (χ1) is 13.8. The Morgan fingerprint density at radius 1 is 1.14 bits per heavy atom. The van der Waals surface area contributed by atoms with E-state index < -0.39 is 23.9 Å². The van der Waals surface area contributed by atoms with Crippen LogP contribution in [0, 0.1) is 6.92 Å². The zero-order valence-electron chi connectivity index (χ0n) is 16.7. The van der Waals surface area contributed by atoms with Gasteiger partial charge < -0.3 is 14.8 Å². The number of benzene rings is 1. The molecule has 1 aromatic heterocycles. The van der Waals surface area contributed by atoms with Crippen LogP contribution < -0.4 is 5.32 Å². The molecule has 2 aromatic rings. The Bertz CT molecular complexity index is 912. The van der Waals surface area contributed by atoms with Crippen LogP contribution in [0.4, 0.5) is 5.69 Å². The third kappa shape index (κ3) is 5.11. The minimum atomic E-state index is -0.913. The Kier molecular flexibility index (Phi) is 7.72. The van der Waals surface area contributed by atoms with E-state index >= 15 is 0 Å². The number of esters is 2. The van der Waals surface area contributed by atoms with E-state index in [0.29, 0.717) is 10.7 Å². The van der Waals surface area contributed by atoms with Gasteiger partial charge >= 0.3 is 11.9 Å². The van der Waals surface area contributed by atoms with Gasteiger partial charge in [0.2, 0.25) is 11.6 Å². The Labute approximate surface area is 173 Å². The summed E-state index contributed by atoms with van der Waals surface area (Å²) in [5.41, 5.74) is 0.823. The highest BCUT2D eigenvalue weighted by molar-refractivity contribution is 6.31. The number of carbonyl (C=O) groups is 3. The van der Waals surface area contributed by atoms with E-state index in [9.17, 15) is 14.4 Å².